The lowest BCUT2D eigenvalue weighted by Gasteiger charge is -2.71. The van der Waals surface area contributed by atoms with Gasteiger partial charge in [0.25, 0.3) is 10.0 Å². The molecule has 0 aliphatic heterocycles. The van der Waals surface area contributed by atoms with Gasteiger partial charge in [0.15, 0.2) is 5.78 Å². The summed E-state index contributed by atoms with van der Waals surface area (Å²) >= 11 is 2.73. The summed E-state index contributed by atoms with van der Waals surface area (Å²) in [6.45, 7) is 7.26. The molecule has 0 aromatic carbocycles. The Morgan fingerprint density at radius 2 is 1.80 bits per heavy atom. The van der Waals surface area contributed by atoms with Crippen molar-refractivity contribution in [2.24, 2.45) is 33.5 Å². The molecule has 8 rings (SSSR count). The van der Waals surface area contributed by atoms with Gasteiger partial charge >= 0.3 is 0 Å². The summed E-state index contributed by atoms with van der Waals surface area (Å²) in [5.41, 5.74) is -2.14. The zero-order valence-electron chi connectivity index (χ0n) is 27.3. The lowest BCUT2D eigenvalue weighted by molar-refractivity contribution is -0.173. The molecular weight excluding hydrogens is 639 g/mol. The summed E-state index contributed by atoms with van der Waals surface area (Å²) in [4.78, 5) is 16.5. The van der Waals surface area contributed by atoms with Gasteiger partial charge in [0.1, 0.15) is 4.21 Å². The van der Waals surface area contributed by atoms with Crippen molar-refractivity contribution in [1.29, 1.82) is 0 Å². The number of carbonyl (C=O) groups excluding carboxylic acids is 1. The molecule has 0 amide bonds. The Bertz CT molecular complexity index is 1680. The molecule has 0 radical (unpaired) electrons. The number of thiophene rings is 2. The highest BCUT2D eigenvalue weighted by molar-refractivity contribution is 7.91. The summed E-state index contributed by atoms with van der Waals surface area (Å²) in [5, 5.41) is 25.5. The van der Waals surface area contributed by atoms with Gasteiger partial charge in [0, 0.05) is 53.5 Å². The van der Waals surface area contributed by atoms with Crippen molar-refractivity contribution in [3.63, 3.8) is 0 Å². The van der Waals surface area contributed by atoms with Gasteiger partial charge in [-0.1, -0.05) is 38.1 Å². The van der Waals surface area contributed by atoms with Crippen LogP contribution in [0.2, 0.25) is 0 Å². The highest BCUT2D eigenvalue weighted by Crippen LogP contribution is 2.78. The molecule has 6 aliphatic rings. The van der Waals surface area contributed by atoms with E-state index in [0.717, 1.165) is 41.0 Å². The topological polar surface area (TPSA) is 104 Å². The summed E-state index contributed by atoms with van der Waals surface area (Å²) in [5.74, 6) is 0.217. The van der Waals surface area contributed by atoms with Crippen molar-refractivity contribution in [1.82, 2.24) is 4.31 Å². The first-order valence-corrected chi connectivity index (χ1v) is 19.9. The number of hydrogen-bond acceptors (Lipinski definition) is 8. The number of sulfonamides is 1. The number of methoxy groups -OCH3 is 1. The molecule has 3 fully saturated rings. The summed E-state index contributed by atoms with van der Waals surface area (Å²) < 4.78 is 35.0. The molecule has 6 aliphatic carbocycles. The van der Waals surface area contributed by atoms with E-state index in [-0.39, 0.29) is 45.7 Å². The molecule has 0 saturated heterocycles. The van der Waals surface area contributed by atoms with E-state index in [2.05, 4.69) is 32.1 Å². The molecule has 7 nitrogen and oxygen atoms in total. The number of aliphatic hydroxyl groups excluding tert-OH is 1. The van der Waals surface area contributed by atoms with E-state index >= 15 is 0 Å². The normalized spacial score (nSPS) is 39.6. The Kier molecular flexibility index (Phi) is 7.99. The van der Waals surface area contributed by atoms with E-state index in [1.54, 1.807) is 24.6 Å². The molecule has 3 saturated carbocycles. The van der Waals surface area contributed by atoms with E-state index in [1.165, 1.54) is 27.0 Å². The number of nitrogens with zero attached hydrogens (tertiary/aromatic N) is 1. The first kappa shape index (κ1) is 32.9. The molecular formula is C36H47NO6S3. The number of carbonyl (C=O) groups is 1. The van der Waals surface area contributed by atoms with Crippen LogP contribution in [0, 0.1) is 40.4 Å². The zero-order chi connectivity index (χ0) is 32.8. The smallest absolute Gasteiger partial charge is 0.252 e. The van der Waals surface area contributed by atoms with Gasteiger partial charge < -0.3 is 14.9 Å². The summed E-state index contributed by atoms with van der Waals surface area (Å²) in [7, 11) is -2.21. The largest absolute Gasteiger partial charge is 0.393 e. The second kappa shape index (κ2) is 11.2. The van der Waals surface area contributed by atoms with Crippen molar-refractivity contribution >= 4 is 38.5 Å². The standard InChI is InChI=1S/C36H47NO6S3/c1-24-8-9-27(45-24)31(39)26-22-34-16-17-36(26)28(32(34,2)13-10-25(38)21-34)11-14-33(3)29(36)12-15-35(33,40)23-37(18-6-19-43-4)46(41,42)30-7-5-20-44-30/h5,7-9,16-17,20,22,25,28-29,38,40H,6,10-15,18-19,21,23H2,1-4H3/t25?,28-,29-,32-,33+,34+,35-,36-/m1/s1. The molecule has 2 aromatic heterocycles. The number of aryl methyl sites for hydroxylation is 1. The highest BCUT2D eigenvalue weighted by Gasteiger charge is 2.74. The minimum absolute atomic E-state index is 0.0128. The fourth-order valence-corrected chi connectivity index (χ4v) is 14.3. The van der Waals surface area contributed by atoms with Crippen LogP contribution in [0.1, 0.15) is 79.8 Å². The van der Waals surface area contributed by atoms with Crippen molar-refractivity contribution in [2.45, 2.75) is 88.1 Å². The van der Waals surface area contributed by atoms with Crippen LogP contribution in [0.3, 0.4) is 0 Å². The Hall–Kier alpha value is -1.66. The predicted octanol–water partition coefficient (Wildman–Crippen LogP) is 6.62. The van der Waals surface area contributed by atoms with E-state index in [1.807, 2.05) is 19.1 Å². The average Bonchev–Trinajstić information content (AvgIpc) is 3.77. The molecule has 2 spiro atoms. The fraction of sp³-hybridized carbons (Fsp3) is 0.639. The number of Topliss-reactive ketones (excluding diaryl/α,β-unsaturated/α-hetero) is 1. The lowest BCUT2D eigenvalue weighted by Crippen LogP contribution is -2.67. The quantitative estimate of drug-likeness (QED) is 0.166. The maximum atomic E-state index is 14.6. The third-order valence-electron chi connectivity index (χ3n) is 13.2. The van der Waals surface area contributed by atoms with Gasteiger partial charge in [-0.25, -0.2) is 8.42 Å². The molecule has 1 unspecified atom stereocenters. The van der Waals surface area contributed by atoms with Crippen LogP contribution in [-0.4, -0.2) is 67.2 Å². The minimum Gasteiger partial charge on any atom is -0.393 e. The van der Waals surface area contributed by atoms with Crippen LogP contribution in [0.25, 0.3) is 0 Å². The minimum atomic E-state index is -3.82. The average molecular weight is 686 g/mol. The Morgan fingerprint density at radius 3 is 2.50 bits per heavy atom. The van der Waals surface area contributed by atoms with Crippen LogP contribution < -0.4 is 0 Å². The third kappa shape index (κ3) is 4.46. The molecule has 2 aromatic rings. The van der Waals surface area contributed by atoms with E-state index in [0.29, 0.717) is 32.3 Å². The number of ether oxygens (including phenoxy) is 1. The van der Waals surface area contributed by atoms with Crippen LogP contribution in [0.5, 0.6) is 0 Å². The van der Waals surface area contributed by atoms with Crippen molar-refractivity contribution in [3.05, 3.63) is 63.2 Å². The van der Waals surface area contributed by atoms with Crippen LogP contribution >= 0.6 is 22.7 Å². The van der Waals surface area contributed by atoms with Gasteiger partial charge in [-0.3, -0.25) is 4.79 Å². The number of fused-ring (bicyclic) bond motifs is 1. The van der Waals surface area contributed by atoms with Crippen LogP contribution in [-0.2, 0) is 14.8 Å². The molecule has 2 heterocycles. The number of ketones is 1. The second-order valence-corrected chi connectivity index (χ2v) is 19.6. The summed E-state index contributed by atoms with van der Waals surface area (Å²) in [6.07, 6.45) is 12.0. The number of aliphatic hydroxyl groups is 2. The number of allylic oxidation sites excluding steroid dienone is 4. The predicted molar refractivity (Wildman–Crippen MR) is 182 cm³/mol. The lowest BCUT2D eigenvalue weighted by atomic mass is 9.32. The monoisotopic (exact) mass is 685 g/mol. The Balaban J connectivity index is 1.32. The number of rotatable bonds is 10. The highest BCUT2D eigenvalue weighted by atomic mass is 32.2. The maximum Gasteiger partial charge on any atom is 0.252 e. The molecule has 2 N–H and O–H groups in total. The van der Waals surface area contributed by atoms with Crippen molar-refractivity contribution < 1.29 is 28.2 Å². The van der Waals surface area contributed by atoms with Gasteiger partial charge in [0.05, 0.1) is 16.6 Å². The first-order chi connectivity index (χ1) is 21.8. The second-order valence-electron chi connectivity index (χ2n) is 15.2. The van der Waals surface area contributed by atoms with Gasteiger partial charge in [-0.15, -0.1) is 22.7 Å². The maximum absolute atomic E-state index is 14.6. The number of hydrogen-bond donors (Lipinski definition) is 2. The molecule has 2 bridgehead atoms. The Labute approximate surface area is 281 Å². The molecule has 8 atom stereocenters. The Morgan fingerprint density at radius 1 is 1.07 bits per heavy atom. The SMILES string of the molecule is COCCCN(C[C@]1(O)CC[C@H]2[C@]34C=C[C@@]5(C=C3C(=O)c3ccc(C)s3)CC(O)CC[C@]5(C)[C@H]4CC[C@@]21C)S(=O)(=O)c1cccs1. The van der Waals surface area contributed by atoms with E-state index in [9.17, 15) is 23.4 Å². The third-order valence-corrected chi connectivity index (χ3v) is 17.4. The van der Waals surface area contributed by atoms with E-state index in [4.69, 9.17) is 4.74 Å². The van der Waals surface area contributed by atoms with Gasteiger partial charge in [-0.2, -0.15) is 4.31 Å². The fourth-order valence-electron chi connectivity index (χ4n) is 10.8. The van der Waals surface area contributed by atoms with Crippen LogP contribution in [0.15, 0.2) is 57.7 Å². The zero-order valence-corrected chi connectivity index (χ0v) is 29.8. The van der Waals surface area contributed by atoms with Crippen molar-refractivity contribution in [2.75, 3.05) is 26.8 Å². The summed E-state index contributed by atoms with van der Waals surface area (Å²) in [6, 6.07) is 7.32. The molecule has 46 heavy (non-hydrogen) atoms. The van der Waals surface area contributed by atoms with Gasteiger partial charge in [0.2, 0.25) is 0 Å². The van der Waals surface area contributed by atoms with E-state index < -0.39 is 32.6 Å². The first-order valence-electron chi connectivity index (χ1n) is 16.7. The van der Waals surface area contributed by atoms with Crippen LogP contribution in [0.4, 0.5) is 0 Å². The van der Waals surface area contributed by atoms with Gasteiger partial charge in [-0.05, 0) is 99.1 Å². The molecule has 250 valence electrons. The molecule has 10 heteroatoms. The van der Waals surface area contributed by atoms with Crippen molar-refractivity contribution in [3.8, 4) is 0 Å².